The van der Waals surface area contributed by atoms with Crippen molar-refractivity contribution in [3.63, 3.8) is 0 Å². The highest BCUT2D eigenvalue weighted by atomic mass is 15.1. The van der Waals surface area contributed by atoms with E-state index in [1.54, 1.807) is 0 Å². The van der Waals surface area contributed by atoms with Crippen LogP contribution < -0.4 is 5.32 Å². The number of hydrogen-bond donors (Lipinski definition) is 1. The van der Waals surface area contributed by atoms with Gasteiger partial charge in [0.05, 0.1) is 0 Å². The first kappa shape index (κ1) is 14.4. The van der Waals surface area contributed by atoms with E-state index in [1.165, 1.54) is 57.3 Å². The molecule has 1 aromatic carbocycles. The van der Waals surface area contributed by atoms with Crippen LogP contribution in [0.4, 0.5) is 5.69 Å². The van der Waals surface area contributed by atoms with Crippen molar-refractivity contribution in [1.29, 1.82) is 0 Å². The van der Waals surface area contributed by atoms with Gasteiger partial charge in [0.2, 0.25) is 0 Å². The molecule has 0 heterocycles. The summed E-state index contributed by atoms with van der Waals surface area (Å²) in [4.78, 5) is 2.69. The van der Waals surface area contributed by atoms with E-state index in [1.807, 2.05) is 0 Å². The fourth-order valence-electron chi connectivity index (χ4n) is 3.12. The molecule has 0 amide bonds. The minimum absolute atomic E-state index is 0.857. The van der Waals surface area contributed by atoms with Crippen LogP contribution >= 0.6 is 0 Å². The number of nitrogens with one attached hydrogen (secondary N) is 1. The van der Waals surface area contributed by atoms with Crippen LogP contribution in [0.25, 0.3) is 0 Å². The zero-order valence-electron chi connectivity index (χ0n) is 12.3. The number of rotatable bonds is 7. The van der Waals surface area contributed by atoms with Crippen LogP contribution in [0.1, 0.15) is 45.4 Å². The molecule has 1 fully saturated rings. The molecule has 0 aromatic heterocycles. The van der Waals surface area contributed by atoms with Crippen LogP contribution in [-0.2, 0) is 0 Å². The van der Waals surface area contributed by atoms with E-state index in [0.29, 0.717) is 0 Å². The van der Waals surface area contributed by atoms with Gasteiger partial charge in [0, 0.05) is 24.8 Å². The normalized spacial score (nSPS) is 16.7. The Kier molecular flexibility index (Phi) is 6.22. The summed E-state index contributed by atoms with van der Waals surface area (Å²) < 4.78 is 0. The van der Waals surface area contributed by atoms with Crippen molar-refractivity contribution in [2.24, 2.45) is 0 Å². The highest BCUT2D eigenvalue weighted by Crippen LogP contribution is 2.22. The number of anilines is 1. The van der Waals surface area contributed by atoms with Gasteiger partial charge in [-0.3, -0.25) is 0 Å². The van der Waals surface area contributed by atoms with Gasteiger partial charge >= 0.3 is 0 Å². The average molecular weight is 260 g/mol. The Bertz CT molecular complexity index is 330. The Hall–Kier alpha value is -1.02. The molecule has 0 saturated heterocycles. The highest BCUT2D eigenvalue weighted by molar-refractivity contribution is 5.42. The lowest BCUT2D eigenvalue weighted by Crippen LogP contribution is -2.37. The Morgan fingerprint density at radius 3 is 2.53 bits per heavy atom. The third kappa shape index (κ3) is 4.87. The number of para-hydroxylation sites is 1. The predicted molar refractivity (Wildman–Crippen MR) is 83.7 cm³/mol. The molecular weight excluding hydrogens is 232 g/mol. The lowest BCUT2D eigenvalue weighted by Gasteiger charge is -2.33. The zero-order valence-corrected chi connectivity index (χ0v) is 12.3. The molecule has 1 aliphatic carbocycles. The summed E-state index contributed by atoms with van der Waals surface area (Å²) >= 11 is 0. The lowest BCUT2D eigenvalue weighted by atomic mass is 9.94. The summed E-state index contributed by atoms with van der Waals surface area (Å²) in [6.07, 6.45) is 8.38. The van der Waals surface area contributed by atoms with E-state index in [2.05, 4.69) is 47.5 Å². The number of hydrogen-bond acceptors (Lipinski definition) is 2. The molecule has 0 unspecified atom stereocenters. The monoisotopic (exact) mass is 260 g/mol. The molecule has 0 bridgehead atoms. The van der Waals surface area contributed by atoms with Crippen LogP contribution in [0.15, 0.2) is 30.3 Å². The molecule has 0 spiro atoms. The van der Waals surface area contributed by atoms with Gasteiger partial charge < -0.3 is 10.2 Å². The van der Waals surface area contributed by atoms with Crippen molar-refractivity contribution in [3.8, 4) is 0 Å². The van der Waals surface area contributed by atoms with Gasteiger partial charge in [-0.2, -0.15) is 0 Å². The van der Waals surface area contributed by atoms with E-state index < -0.39 is 0 Å². The van der Waals surface area contributed by atoms with E-state index in [9.17, 15) is 0 Å². The fraction of sp³-hybridized carbons (Fsp3) is 0.647. The van der Waals surface area contributed by atoms with Crippen molar-refractivity contribution in [2.45, 2.75) is 51.5 Å². The molecular formula is C17H28N2. The molecule has 2 nitrogen and oxygen atoms in total. The van der Waals surface area contributed by atoms with Crippen LogP contribution in [-0.4, -0.2) is 30.6 Å². The van der Waals surface area contributed by atoms with Crippen molar-refractivity contribution in [1.82, 2.24) is 4.90 Å². The summed E-state index contributed by atoms with van der Waals surface area (Å²) in [6, 6.07) is 11.4. The van der Waals surface area contributed by atoms with Gasteiger partial charge in [-0.15, -0.1) is 0 Å². The minimum Gasteiger partial charge on any atom is -0.385 e. The summed E-state index contributed by atoms with van der Waals surface area (Å²) in [6.45, 7) is 5.82. The SMILES string of the molecule is CCN(CCCNc1ccccc1)C1CCCCC1. The first-order valence-electron chi connectivity index (χ1n) is 7.93. The van der Waals surface area contributed by atoms with Crippen LogP contribution in [0.2, 0.25) is 0 Å². The van der Waals surface area contributed by atoms with Gasteiger partial charge in [-0.05, 0) is 37.9 Å². The maximum Gasteiger partial charge on any atom is 0.0340 e. The quantitative estimate of drug-likeness (QED) is 0.741. The van der Waals surface area contributed by atoms with Gasteiger partial charge in [-0.1, -0.05) is 44.4 Å². The van der Waals surface area contributed by atoms with E-state index >= 15 is 0 Å². The molecule has 0 atom stereocenters. The maximum atomic E-state index is 3.50. The van der Waals surface area contributed by atoms with E-state index in [-0.39, 0.29) is 0 Å². The predicted octanol–water partition coefficient (Wildman–Crippen LogP) is 4.14. The number of nitrogens with zero attached hydrogens (tertiary/aromatic N) is 1. The Labute approximate surface area is 118 Å². The van der Waals surface area contributed by atoms with Crippen LogP contribution in [0, 0.1) is 0 Å². The average Bonchev–Trinajstić information content (AvgIpc) is 2.49. The van der Waals surface area contributed by atoms with Gasteiger partial charge in [0.1, 0.15) is 0 Å². The second kappa shape index (κ2) is 8.21. The van der Waals surface area contributed by atoms with E-state index in [4.69, 9.17) is 0 Å². The topological polar surface area (TPSA) is 15.3 Å². The third-order valence-corrected chi connectivity index (χ3v) is 4.22. The standard InChI is InChI=1S/C17H28N2/c1-2-19(17-12-7-4-8-13-17)15-9-14-18-16-10-5-3-6-11-16/h3,5-6,10-11,17-18H,2,4,7-9,12-15H2,1H3. The molecule has 1 N–H and O–H groups in total. The Morgan fingerprint density at radius 2 is 1.84 bits per heavy atom. The van der Waals surface area contributed by atoms with Crippen LogP contribution in [0.5, 0.6) is 0 Å². The molecule has 2 heteroatoms. The van der Waals surface area contributed by atoms with Crippen LogP contribution in [0.3, 0.4) is 0 Å². The third-order valence-electron chi connectivity index (χ3n) is 4.22. The minimum atomic E-state index is 0.857. The second-order valence-electron chi connectivity index (χ2n) is 5.57. The number of benzene rings is 1. The molecule has 2 rings (SSSR count). The Balaban J connectivity index is 1.65. The molecule has 0 aliphatic heterocycles. The van der Waals surface area contributed by atoms with Crippen molar-refractivity contribution in [3.05, 3.63) is 30.3 Å². The van der Waals surface area contributed by atoms with Crippen molar-refractivity contribution < 1.29 is 0 Å². The molecule has 0 radical (unpaired) electrons. The summed E-state index contributed by atoms with van der Waals surface area (Å²) in [5.74, 6) is 0. The summed E-state index contributed by atoms with van der Waals surface area (Å²) in [5.41, 5.74) is 1.24. The molecule has 1 aromatic rings. The second-order valence-corrected chi connectivity index (χ2v) is 5.57. The van der Waals surface area contributed by atoms with Crippen molar-refractivity contribution in [2.75, 3.05) is 25.0 Å². The Morgan fingerprint density at radius 1 is 1.11 bits per heavy atom. The molecule has 1 aliphatic rings. The maximum absolute atomic E-state index is 3.50. The summed E-state index contributed by atoms with van der Waals surface area (Å²) in [5, 5.41) is 3.50. The van der Waals surface area contributed by atoms with Crippen molar-refractivity contribution >= 4 is 5.69 Å². The largest absolute Gasteiger partial charge is 0.385 e. The molecule has 19 heavy (non-hydrogen) atoms. The smallest absolute Gasteiger partial charge is 0.0340 e. The van der Waals surface area contributed by atoms with Gasteiger partial charge in [0.25, 0.3) is 0 Å². The fourth-order valence-corrected chi connectivity index (χ4v) is 3.12. The zero-order chi connectivity index (χ0) is 13.3. The first-order chi connectivity index (χ1) is 9.40. The highest BCUT2D eigenvalue weighted by Gasteiger charge is 2.18. The molecule has 106 valence electrons. The van der Waals surface area contributed by atoms with Gasteiger partial charge in [-0.25, -0.2) is 0 Å². The van der Waals surface area contributed by atoms with Gasteiger partial charge in [0.15, 0.2) is 0 Å². The van der Waals surface area contributed by atoms with E-state index in [0.717, 1.165) is 12.6 Å². The molecule has 1 saturated carbocycles. The lowest BCUT2D eigenvalue weighted by molar-refractivity contribution is 0.163. The first-order valence-corrected chi connectivity index (χ1v) is 7.93. The summed E-state index contributed by atoms with van der Waals surface area (Å²) in [7, 11) is 0.